The molecule has 3 heterocycles. The molecule has 1 aromatic carbocycles. The fourth-order valence-corrected chi connectivity index (χ4v) is 3.70. The molecule has 1 fully saturated rings. The molecule has 7 heteroatoms. The van der Waals surface area contributed by atoms with Gasteiger partial charge in [0.25, 0.3) is 5.91 Å². The molecule has 0 N–H and O–H groups in total. The number of amidine groups is 1. The van der Waals surface area contributed by atoms with Crippen LogP contribution in [0.15, 0.2) is 75.2 Å². The van der Waals surface area contributed by atoms with Crippen LogP contribution >= 0.6 is 23.4 Å². The quantitative estimate of drug-likeness (QED) is 0.570. The molecule has 1 saturated heterocycles. The van der Waals surface area contributed by atoms with Crippen molar-refractivity contribution < 1.29 is 9.21 Å². The highest BCUT2D eigenvalue weighted by Gasteiger charge is 2.30. The molecular formula is C20H14ClN3O2S. The van der Waals surface area contributed by atoms with Gasteiger partial charge in [-0.15, -0.1) is 0 Å². The highest BCUT2D eigenvalue weighted by molar-refractivity contribution is 8.18. The van der Waals surface area contributed by atoms with E-state index in [1.807, 2.05) is 42.5 Å². The van der Waals surface area contributed by atoms with Gasteiger partial charge in [-0.1, -0.05) is 23.7 Å². The van der Waals surface area contributed by atoms with Crippen LogP contribution in [0.1, 0.15) is 5.76 Å². The number of thioether (sulfide) groups is 1. The first-order valence-corrected chi connectivity index (χ1v) is 9.32. The van der Waals surface area contributed by atoms with E-state index in [0.717, 1.165) is 5.56 Å². The van der Waals surface area contributed by atoms with Crippen molar-refractivity contribution in [1.29, 1.82) is 0 Å². The topological polar surface area (TPSA) is 58.7 Å². The summed E-state index contributed by atoms with van der Waals surface area (Å²) >= 11 is 7.33. The van der Waals surface area contributed by atoms with E-state index >= 15 is 0 Å². The van der Waals surface area contributed by atoms with Crippen LogP contribution in [0.4, 0.5) is 5.69 Å². The molecule has 3 aromatic rings. The van der Waals surface area contributed by atoms with Crippen molar-refractivity contribution in [1.82, 2.24) is 9.88 Å². The predicted octanol–water partition coefficient (Wildman–Crippen LogP) is 5.23. The number of aromatic nitrogens is 1. The van der Waals surface area contributed by atoms with Gasteiger partial charge in [-0.2, -0.15) is 0 Å². The lowest BCUT2D eigenvalue weighted by atomic mass is 10.2. The van der Waals surface area contributed by atoms with Crippen molar-refractivity contribution in [3.8, 4) is 11.3 Å². The molecule has 1 aliphatic rings. The van der Waals surface area contributed by atoms with Crippen molar-refractivity contribution in [2.45, 2.75) is 0 Å². The zero-order valence-electron chi connectivity index (χ0n) is 14.3. The van der Waals surface area contributed by atoms with Crippen molar-refractivity contribution in [2.24, 2.45) is 4.99 Å². The van der Waals surface area contributed by atoms with Gasteiger partial charge < -0.3 is 4.42 Å². The van der Waals surface area contributed by atoms with Gasteiger partial charge in [0.1, 0.15) is 11.5 Å². The Hall–Kier alpha value is -2.83. The van der Waals surface area contributed by atoms with E-state index in [1.165, 1.54) is 16.7 Å². The van der Waals surface area contributed by atoms with Gasteiger partial charge in [0.15, 0.2) is 5.17 Å². The molecule has 5 nitrogen and oxygen atoms in total. The number of nitrogens with zero attached hydrogens (tertiary/aromatic N) is 3. The van der Waals surface area contributed by atoms with Gasteiger partial charge in [0.05, 0.1) is 16.8 Å². The lowest BCUT2D eigenvalue weighted by Gasteiger charge is -2.06. The van der Waals surface area contributed by atoms with Crippen molar-refractivity contribution in [3.05, 3.63) is 76.6 Å². The van der Waals surface area contributed by atoms with E-state index in [0.29, 0.717) is 32.3 Å². The number of hydrogen-bond acceptors (Lipinski definition) is 5. The van der Waals surface area contributed by atoms with Crippen LogP contribution in [0.3, 0.4) is 0 Å². The molecular weight excluding hydrogens is 382 g/mol. The molecule has 2 aromatic heterocycles. The molecule has 4 rings (SSSR count). The number of halogens is 1. The number of pyridine rings is 1. The second kappa shape index (κ2) is 7.42. The highest BCUT2D eigenvalue weighted by atomic mass is 35.5. The van der Waals surface area contributed by atoms with Crippen LogP contribution in [0, 0.1) is 0 Å². The molecule has 1 aliphatic heterocycles. The van der Waals surface area contributed by atoms with Gasteiger partial charge in [0, 0.05) is 29.9 Å². The van der Waals surface area contributed by atoms with Crippen LogP contribution in [-0.4, -0.2) is 28.0 Å². The summed E-state index contributed by atoms with van der Waals surface area (Å²) in [5.41, 5.74) is 1.58. The van der Waals surface area contributed by atoms with E-state index in [9.17, 15) is 4.79 Å². The Kier molecular flexibility index (Phi) is 4.83. The molecule has 0 atom stereocenters. The lowest BCUT2D eigenvalue weighted by Crippen LogP contribution is -2.23. The second-order valence-electron chi connectivity index (χ2n) is 5.79. The first kappa shape index (κ1) is 17.6. The number of aliphatic imine (C=N–C) groups is 1. The third-order valence-corrected chi connectivity index (χ3v) is 5.18. The summed E-state index contributed by atoms with van der Waals surface area (Å²) in [4.78, 5) is 23.1. The Balaban J connectivity index is 1.59. The Morgan fingerprint density at radius 3 is 2.89 bits per heavy atom. The van der Waals surface area contributed by atoms with E-state index in [1.54, 1.807) is 31.6 Å². The maximum absolute atomic E-state index is 12.5. The Labute approximate surface area is 165 Å². The summed E-state index contributed by atoms with van der Waals surface area (Å²) in [6.07, 6.45) is 5.06. The SMILES string of the molecule is CN1C(=O)/C(=C\c2ccc(-c3cccc(Cl)c3)o2)SC1=Nc1cccnc1. The average molecular weight is 396 g/mol. The molecule has 0 unspecified atom stereocenters. The minimum absolute atomic E-state index is 0.122. The average Bonchev–Trinajstić information content (AvgIpc) is 3.24. The lowest BCUT2D eigenvalue weighted by molar-refractivity contribution is -0.121. The molecule has 1 amide bonds. The molecule has 0 saturated carbocycles. The smallest absolute Gasteiger partial charge is 0.266 e. The fraction of sp³-hybridized carbons (Fsp3) is 0.0500. The number of hydrogen-bond donors (Lipinski definition) is 0. The number of benzene rings is 1. The summed E-state index contributed by atoms with van der Waals surface area (Å²) < 4.78 is 5.85. The van der Waals surface area contributed by atoms with Crippen molar-refractivity contribution in [3.63, 3.8) is 0 Å². The molecule has 134 valence electrons. The molecule has 0 radical (unpaired) electrons. The van der Waals surface area contributed by atoms with E-state index in [-0.39, 0.29) is 5.91 Å². The molecule has 0 bridgehead atoms. The normalized spacial score (nSPS) is 17.3. The maximum Gasteiger partial charge on any atom is 0.266 e. The summed E-state index contributed by atoms with van der Waals surface area (Å²) in [6.45, 7) is 0. The number of rotatable bonds is 3. The third kappa shape index (κ3) is 3.82. The monoisotopic (exact) mass is 395 g/mol. The van der Waals surface area contributed by atoms with Gasteiger partial charge in [0.2, 0.25) is 0 Å². The zero-order valence-corrected chi connectivity index (χ0v) is 15.9. The molecule has 27 heavy (non-hydrogen) atoms. The summed E-state index contributed by atoms with van der Waals surface area (Å²) in [7, 11) is 1.70. The third-order valence-electron chi connectivity index (χ3n) is 3.88. The Morgan fingerprint density at radius 2 is 2.11 bits per heavy atom. The number of likely N-dealkylation sites (N-methyl/N-ethyl adjacent to an activating group) is 1. The highest BCUT2D eigenvalue weighted by Crippen LogP contribution is 2.34. The Bertz CT molecular complexity index is 1060. The second-order valence-corrected chi connectivity index (χ2v) is 7.24. The Morgan fingerprint density at radius 1 is 1.22 bits per heavy atom. The summed E-state index contributed by atoms with van der Waals surface area (Å²) in [5.74, 6) is 1.16. The molecule has 0 aliphatic carbocycles. The van der Waals surface area contributed by atoms with Gasteiger partial charge in [-0.25, -0.2) is 4.99 Å². The summed E-state index contributed by atoms with van der Waals surface area (Å²) in [6, 6.07) is 14.8. The van der Waals surface area contributed by atoms with Crippen LogP contribution in [0.5, 0.6) is 0 Å². The molecule has 0 spiro atoms. The standard InChI is InChI=1S/C20H14ClN3O2S/c1-24-19(25)18(27-20(24)23-15-6-3-9-22-12-15)11-16-7-8-17(26-16)13-4-2-5-14(21)10-13/h2-12H,1H3/b18-11+,23-20?. The minimum atomic E-state index is -0.122. The van der Waals surface area contributed by atoms with Crippen molar-refractivity contribution in [2.75, 3.05) is 7.05 Å². The largest absolute Gasteiger partial charge is 0.457 e. The van der Waals surface area contributed by atoms with E-state index in [2.05, 4.69) is 9.98 Å². The maximum atomic E-state index is 12.5. The number of amides is 1. The number of carbonyl (C=O) groups excluding carboxylic acids is 1. The zero-order chi connectivity index (χ0) is 18.8. The van der Waals surface area contributed by atoms with Gasteiger partial charge in [-0.3, -0.25) is 14.7 Å². The predicted molar refractivity (Wildman–Crippen MR) is 109 cm³/mol. The van der Waals surface area contributed by atoms with Crippen molar-refractivity contribution >= 4 is 46.2 Å². The summed E-state index contributed by atoms with van der Waals surface area (Å²) in [5, 5.41) is 1.24. The fourth-order valence-electron chi connectivity index (χ4n) is 2.54. The van der Waals surface area contributed by atoms with Crippen LogP contribution in [-0.2, 0) is 4.79 Å². The van der Waals surface area contributed by atoms with E-state index < -0.39 is 0 Å². The van der Waals surface area contributed by atoms with Crippen LogP contribution in [0.25, 0.3) is 17.4 Å². The van der Waals surface area contributed by atoms with E-state index in [4.69, 9.17) is 16.0 Å². The number of carbonyl (C=O) groups is 1. The van der Waals surface area contributed by atoms with Gasteiger partial charge in [-0.05, 0) is 48.2 Å². The van der Waals surface area contributed by atoms with Crippen LogP contribution < -0.4 is 0 Å². The van der Waals surface area contributed by atoms with Gasteiger partial charge >= 0.3 is 0 Å². The number of furan rings is 1. The first-order valence-electron chi connectivity index (χ1n) is 8.12. The first-order chi connectivity index (χ1) is 13.1. The van der Waals surface area contributed by atoms with Crippen LogP contribution in [0.2, 0.25) is 5.02 Å². The minimum Gasteiger partial charge on any atom is -0.457 e.